The highest BCUT2D eigenvalue weighted by Gasteiger charge is 2.35. The van der Waals surface area contributed by atoms with E-state index in [1.54, 1.807) is 0 Å². The fourth-order valence-electron chi connectivity index (χ4n) is 2.38. The highest BCUT2D eigenvalue weighted by Crippen LogP contribution is 2.31. The van der Waals surface area contributed by atoms with Crippen molar-refractivity contribution >= 4 is 15.7 Å². The molecule has 0 unspecified atom stereocenters. The first-order chi connectivity index (χ1) is 9.34. The van der Waals surface area contributed by atoms with E-state index in [-0.39, 0.29) is 18.0 Å². The van der Waals surface area contributed by atoms with Gasteiger partial charge in [0.2, 0.25) is 10.0 Å². The summed E-state index contributed by atoms with van der Waals surface area (Å²) in [6.45, 7) is 1.78. The van der Waals surface area contributed by atoms with Crippen LogP contribution in [0.4, 0.5) is 5.69 Å². The number of nitro benzene ring substituents is 1. The van der Waals surface area contributed by atoms with Crippen molar-refractivity contribution in [3.8, 4) is 0 Å². The normalized spacial score (nSPS) is 20.8. The lowest BCUT2D eigenvalue weighted by Gasteiger charge is -2.29. The number of aliphatic hydroxyl groups excluding tert-OH is 1. The van der Waals surface area contributed by atoms with Crippen molar-refractivity contribution in [2.75, 3.05) is 13.1 Å². The van der Waals surface area contributed by atoms with E-state index in [9.17, 15) is 23.6 Å². The van der Waals surface area contributed by atoms with Crippen LogP contribution >= 0.6 is 0 Å². The van der Waals surface area contributed by atoms with Crippen molar-refractivity contribution in [1.29, 1.82) is 0 Å². The molecule has 0 spiro atoms. The molecule has 1 saturated heterocycles. The van der Waals surface area contributed by atoms with Gasteiger partial charge in [0.15, 0.2) is 4.90 Å². The summed E-state index contributed by atoms with van der Waals surface area (Å²) in [4.78, 5) is 10.1. The molecule has 1 atom stereocenters. The van der Waals surface area contributed by atoms with Crippen LogP contribution in [0.25, 0.3) is 0 Å². The van der Waals surface area contributed by atoms with Crippen LogP contribution in [0.15, 0.2) is 23.1 Å². The Hall–Kier alpha value is -1.51. The Morgan fingerprint density at radius 3 is 2.75 bits per heavy atom. The molecule has 110 valence electrons. The fraction of sp³-hybridized carbons (Fsp3) is 0.500. The van der Waals surface area contributed by atoms with Crippen LogP contribution in [-0.2, 0) is 10.0 Å². The molecule has 0 radical (unpaired) electrons. The zero-order chi connectivity index (χ0) is 14.9. The maximum atomic E-state index is 12.6. The molecular weight excluding hydrogens is 284 g/mol. The first kappa shape index (κ1) is 14.9. The van der Waals surface area contributed by atoms with Gasteiger partial charge in [-0.1, -0.05) is 12.1 Å². The average molecular weight is 300 g/mol. The van der Waals surface area contributed by atoms with Crippen molar-refractivity contribution in [1.82, 2.24) is 4.31 Å². The van der Waals surface area contributed by atoms with Crippen molar-refractivity contribution in [2.24, 2.45) is 0 Å². The van der Waals surface area contributed by atoms with Gasteiger partial charge in [-0.2, -0.15) is 4.31 Å². The molecule has 8 heteroatoms. The Morgan fingerprint density at radius 1 is 1.45 bits per heavy atom. The van der Waals surface area contributed by atoms with Gasteiger partial charge >= 0.3 is 0 Å². The lowest BCUT2D eigenvalue weighted by molar-refractivity contribution is -0.387. The summed E-state index contributed by atoms with van der Waals surface area (Å²) in [5, 5.41) is 20.6. The molecule has 2 rings (SSSR count). The molecule has 1 heterocycles. The Labute approximate surface area is 117 Å². The van der Waals surface area contributed by atoms with Gasteiger partial charge in [0.1, 0.15) is 0 Å². The van der Waals surface area contributed by atoms with Gasteiger partial charge in [-0.15, -0.1) is 0 Å². The summed E-state index contributed by atoms with van der Waals surface area (Å²) < 4.78 is 26.3. The van der Waals surface area contributed by atoms with E-state index in [0.717, 1.165) is 4.31 Å². The number of nitrogens with zero attached hydrogens (tertiary/aromatic N) is 2. The maximum absolute atomic E-state index is 12.6. The second-order valence-corrected chi connectivity index (χ2v) is 6.71. The Bertz CT molecular complexity index is 629. The van der Waals surface area contributed by atoms with Crippen LogP contribution in [0.2, 0.25) is 0 Å². The molecule has 1 aliphatic rings. The van der Waals surface area contributed by atoms with Gasteiger partial charge in [-0.25, -0.2) is 8.42 Å². The van der Waals surface area contributed by atoms with Gasteiger partial charge in [0.05, 0.1) is 11.0 Å². The molecule has 1 aromatic rings. The second kappa shape index (κ2) is 5.47. The predicted molar refractivity (Wildman–Crippen MR) is 71.8 cm³/mol. The molecule has 20 heavy (non-hydrogen) atoms. The highest BCUT2D eigenvalue weighted by atomic mass is 32.2. The van der Waals surface area contributed by atoms with Crippen LogP contribution in [0.1, 0.15) is 18.4 Å². The number of benzene rings is 1. The number of aliphatic hydroxyl groups is 1. The van der Waals surface area contributed by atoms with Gasteiger partial charge in [-0.3, -0.25) is 10.1 Å². The van der Waals surface area contributed by atoms with Crippen molar-refractivity contribution in [3.05, 3.63) is 33.9 Å². The first-order valence-corrected chi connectivity index (χ1v) is 7.70. The number of hydrogen-bond acceptors (Lipinski definition) is 5. The monoisotopic (exact) mass is 300 g/mol. The number of aryl methyl sites for hydroxylation is 1. The first-order valence-electron chi connectivity index (χ1n) is 6.26. The molecule has 0 aromatic heterocycles. The number of hydrogen-bond donors (Lipinski definition) is 1. The quantitative estimate of drug-likeness (QED) is 0.664. The molecule has 0 aliphatic carbocycles. The zero-order valence-corrected chi connectivity index (χ0v) is 11.8. The summed E-state index contributed by atoms with van der Waals surface area (Å²) in [7, 11) is -3.97. The number of β-amino-alcohol motifs (C(OH)–C–C–N with tert-alkyl or cyclic N) is 1. The van der Waals surface area contributed by atoms with E-state index in [4.69, 9.17) is 0 Å². The second-order valence-electron chi connectivity index (χ2n) is 4.84. The van der Waals surface area contributed by atoms with Crippen LogP contribution in [0.5, 0.6) is 0 Å². The van der Waals surface area contributed by atoms with Crippen LogP contribution < -0.4 is 0 Å². The fourth-order valence-corrected chi connectivity index (χ4v) is 4.26. The number of rotatable bonds is 3. The summed E-state index contributed by atoms with van der Waals surface area (Å²) in [5.41, 5.74) is -0.0932. The molecule has 1 N–H and O–H groups in total. The minimum atomic E-state index is -3.97. The van der Waals surface area contributed by atoms with Crippen LogP contribution in [0.3, 0.4) is 0 Å². The maximum Gasteiger partial charge on any atom is 0.289 e. The minimum absolute atomic E-state index is 0.0200. The van der Waals surface area contributed by atoms with Gasteiger partial charge in [-0.05, 0) is 25.3 Å². The number of nitro groups is 1. The molecule has 0 saturated carbocycles. The number of piperidine rings is 1. The SMILES string of the molecule is Cc1cccc([N+](=O)[O-])c1S(=O)(=O)N1CCC[C@H](O)C1. The third kappa shape index (κ3) is 2.67. The summed E-state index contributed by atoms with van der Waals surface area (Å²) in [5.74, 6) is 0. The van der Waals surface area contributed by atoms with Crippen LogP contribution in [0, 0.1) is 17.0 Å². The lowest BCUT2D eigenvalue weighted by Crippen LogP contribution is -2.42. The van der Waals surface area contributed by atoms with Crippen molar-refractivity contribution in [2.45, 2.75) is 30.8 Å². The molecule has 0 amide bonds. The molecule has 1 aliphatic heterocycles. The third-order valence-corrected chi connectivity index (χ3v) is 5.40. The van der Waals surface area contributed by atoms with E-state index in [0.29, 0.717) is 18.4 Å². The number of sulfonamides is 1. The van der Waals surface area contributed by atoms with E-state index >= 15 is 0 Å². The van der Waals surface area contributed by atoms with E-state index in [2.05, 4.69) is 0 Å². The van der Waals surface area contributed by atoms with Crippen LogP contribution in [-0.4, -0.2) is 41.9 Å². The van der Waals surface area contributed by atoms with E-state index in [1.165, 1.54) is 25.1 Å². The summed E-state index contributed by atoms with van der Waals surface area (Å²) in [6.07, 6.45) is 0.365. The molecule has 1 aromatic carbocycles. The van der Waals surface area contributed by atoms with Crippen molar-refractivity contribution in [3.63, 3.8) is 0 Å². The Morgan fingerprint density at radius 2 is 2.15 bits per heavy atom. The smallest absolute Gasteiger partial charge is 0.289 e. The topological polar surface area (TPSA) is 101 Å². The van der Waals surface area contributed by atoms with E-state index in [1.807, 2.05) is 0 Å². The molecule has 7 nitrogen and oxygen atoms in total. The Kier molecular flexibility index (Phi) is 4.07. The Balaban J connectivity index is 2.52. The summed E-state index contributed by atoms with van der Waals surface area (Å²) in [6, 6.07) is 4.16. The van der Waals surface area contributed by atoms with E-state index < -0.39 is 26.7 Å². The highest BCUT2D eigenvalue weighted by molar-refractivity contribution is 7.89. The molecular formula is C12H16N2O5S. The standard InChI is InChI=1S/C12H16N2O5S/c1-9-4-2-6-11(14(16)17)12(9)20(18,19)13-7-3-5-10(15)8-13/h2,4,6,10,15H,3,5,7-8H2,1H3/t10-/m0/s1. The average Bonchev–Trinajstić information content (AvgIpc) is 2.38. The lowest BCUT2D eigenvalue weighted by atomic mass is 10.1. The van der Waals surface area contributed by atoms with Gasteiger partial charge in [0.25, 0.3) is 5.69 Å². The predicted octanol–water partition coefficient (Wildman–Crippen LogP) is 1.05. The largest absolute Gasteiger partial charge is 0.392 e. The van der Waals surface area contributed by atoms with Gasteiger partial charge in [0, 0.05) is 19.2 Å². The zero-order valence-electron chi connectivity index (χ0n) is 11.0. The summed E-state index contributed by atoms with van der Waals surface area (Å²) >= 11 is 0. The van der Waals surface area contributed by atoms with Crippen molar-refractivity contribution < 1.29 is 18.4 Å². The third-order valence-electron chi connectivity index (χ3n) is 3.34. The minimum Gasteiger partial charge on any atom is -0.392 e. The van der Waals surface area contributed by atoms with Gasteiger partial charge < -0.3 is 5.11 Å². The molecule has 0 bridgehead atoms. The molecule has 1 fully saturated rings.